The highest BCUT2D eigenvalue weighted by molar-refractivity contribution is 7.18. The maximum absolute atomic E-state index is 8.99. The van der Waals surface area contributed by atoms with Crippen LogP contribution in [-0.4, -0.2) is 30.3 Å². The van der Waals surface area contributed by atoms with Gasteiger partial charge in [-0.2, -0.15) is 0 Å². The maximum Gasteiger partial charge on any atom is 0.203 e. The highest BCUT2D eigenvalue weighted by Crippen LogP contribution is 2.26. The van der Waals surface area contributed by atoms with Crippen LogP contribution in [-0.2, 0) is 6.61 Å². The molecule has 0 saturated carbocycles. The van der Waals surface area contributed by atoms with E-state index in [1.54, 1.807) is 10.9 Å². The minimum absolute atomic E-state index is 0.132. The molecule has 0 aliphatic heterocycles. The maximum atomic E-state index is 8.99. The zero-order valence-electron chi connectivity index (χ0n) is 9.76. The van der Waals surface area contributed by atoms with E-state index in [2.05, 4.69) is 20.5 Å². The van der Waals surface area contributed by atoms with Gasteiger partial charge in [-0.15, -0.1) is 15.3 Å². The van der Waals surface area contributed by atoms with Crippen molar-refractivity contribution >= 4 is 16.5 Å². The zero-order chi connectivity index (χ0) is 13.2. The lowest BCUT2D eigenvalue weighted by atomic mass is 10.2. The van der Waals surface area contributed by atoms with E-state index < -0.39 is 0 Å². The van der Waals surface area contributed by atoms with E-state index in [0.717, 1.165) is 16.3 Å². The number of anilines is 1. The molecule has 0 radical (unpaired) electrons. The number of nitrogens with two attached hydrogens (primary N) is 1. The van der Waals surface area contributed by atoms with Crippen LogP contribution in [0.5, 0.6) is 0 Å². The predicted molar refractivity (Wildman–Crippen MR) is 70.6 cm³/mol. The van der Waals surface area contributed by atoms with Crippen LogP contribution in [0.25, 0.3) is 16.3 Å². The van der Waals surface area contributed by atoms with Crippen LogP contribution in [0.4, 0.5) is 5.13 Å². The standard InChI is InChI=1S/C11H10N6OS/c12-11-15-14-10(19-11)7-2-1-3-9(4-7)17-5-8(6-18)13-16-17/h1-5,18H,6H2,(H2,12,15). The van der Waals surface area contributed by atoms with Gasteiger partial charge in [0.15, 0.2) is 0 Å². The van der Waals surface area contributed by atoms with Gasteiger partial charge in [-0.3, -0.25) is 0 Å². The zero-order valence-corrected chi connectivity index (χ0v) is 10.6. The summed E-state index contributed by atoms with van der Waals surface area (Å²) in [7, 11) is 0. The van der Waals surface area contributed by atoms with Crippen LogP contribution >= 0.6 is 11.3 Å². The van der Waals surface area contributed by atoms with Crippen molar-refractivity contribution in [2.45, 2.75) is 6.61 Å². The number of nitrogens with zero attached hydrogens (tertiary/aromatic N) is 5. The molecule has 0 atom stereocenters. The van der Waals surface area contributed by atoms with Gasteiger partial charge in [0, 0.05) is 5.56 Å². The Balaban J connectivity index is 2.00. The van der Waals surface area contributed by atoms with Crippen molar-refractivity contribution in [3.63, 3.8) is 0 Å². The molecule has 8 heteroatoms. The van der Waals surface area contributed by atoms with Crippen LogP contribution < -0.4 is 5.73 Å². The fourth-order valence-corrected chi connectivity index (χ4v) is 2.24. The Morgan fingerprint density at radius 3 is 2.84 bits per heavy atom. The highest BCUT2D eigenvalue weighted by Gasteiger charge is 2.07. The number of aliphatic hydroxyl groups is 1. The molecule has 0 unspecified atom stereocenters. The Bertz CT molecular complexity index is 707. The van der Waals surface area contributed by atoms with Gasteiger partial charge in [0.25, 0.3) is 0 Å². The Hall–Kier alpha value is -2.32. The van der Waals surface area contributed by atoms with Crippen LogP contribution in [0, 0.1) is 0 Å². The number of hydrogen-bond acceptors (Lipinski definition) is 7. The molecule has 0 bridgehead atoms. The third-order valence-corrected chi connectivity index (χ3v) is 3.30. The van der Waals surface area contributed by atoms with Gasteiger partial charge in [-0.25, -0.2) is 4.68 Å². The minimum atomic E-state index is -0.132. The van der Waals surface area contributed by atoms with E-state index in [1.807, 2.05) is 24.3 Å². The number of aliphatic hydroxyl groups excluding tert-OH is 1. The number of rotatable bonds is 3. The summed E-state index contributed by atoms with van der Waals surface area (Å²) in [5, 5.41) is 25.7. The molecule has 0 spiro atoms. The molecule has 0 aliphatic carbocycles. The summed E-state index contributed by atoms with van der Waals surface area (Å²) in [6.07, 6.45) is 1.67. The molecule has 0 aliphatic rings. The fraction of sp³-hybridized carbons (Fsp3) is 0.0909. The molecule has 0 amide bonds. The molecule has 3 aromatic rings. The average Bonchev–Trinajstić information content (AvgIpc) is 3.07. The van der Waals surface area contributed by atoms with Gasteiger partial charge in [0.1, 0.15) is 10.7 Å². The fourth-order valence-electron chi connectivity index (χ4n) is 1.63. The molecule has 0 fully saturated rings. The minimum Gasteiger partial charge on any atom is -0.390 e. The summed E-state index contributed by atoms with van der Waals surface area (Å²) in [4.78, 5) is 0. The number of nitrogen functional groups attached to an aromatic ring is 1. The Morgan fingerprint density at radius 1 is 1.26 bits per heavy atom. The molecule has 96 valence electrons. The number of hydrogen-bond donors (Lipinski definition) is 2. The first-order valence-corrected chi connectivity index (χ1v) is 6.30. The van der Waals surface area contributed by atoms with Crippen LogP contribution in [0.3, 0.4) is 0 Å². The van der Waals surface area contributed by atoms with Gasteiger partial charge in [-0.1, -0.05) is 28.7 Å². The normalized spacial score (nSPS) is 10.8. The molecule has 3 rings (SSSR count). The quantitative estimate of drug-likeness (QED) is 0.734. The first kappa shape index (κ1) is 11.8. The van der Waals surface area contributed by atoms with Gasteiger partial charge >= 0.3 is 0 Å². The summed E-state index contributed by atoms with van der Waals surface area (Å²) in [5.41, 5.74) is 7.84. The van der Waals surface area contributed by atoms with Gasteiger partial charge < -0.3 is 10.8 Å². The molecule has 2 aromatic heterocycles. The average molecular weight is 274 g/mol. The Morgan fingerprint density at radius 2 is 2.16 bits per heavy atom. The number of aromatic nitrogens is 5. The van der Waals surface area contributed by atoms with Crippen molar-refractivity contribution in [2.75, 3.05) is 5.73 Å². The first-order valence-electron chi connectivity index (χ1n) is 5.48. The number of benzene rings is 1. The van der Waals surface area contributed by atoms with Gasteiger partial charge in [0.2, 0.25) is 5.13 Å². The first-order chi connectivity index (χ1) is 9.26. The van der Waals surface area contributed by atoms with Crippen molar-refractivity contribution in [3.8, 4) is 16.3 Å². The van der Waals surface area contributed by atoms with Crippen molar-refractivity contribution in [2.24, 2.45) is 0 Å². The Kier molecular flexibility index (Phi) is 2.94. The lowest BCUT2D eigenvalue weighted by Gasteiger charge is -2.01. The molecule has 7 nitrogen and oxygen atoms in total. The highest BCUT2D eigenvalue weighted by atomic mass is 32.1. The molecule has 19 heavy (non-hydrogen) atoms. The summed E-state index contributed by atoms with van der Waals surface area (Å²) >= 11 is 1.32. The molecule has 2 heterocycles. The Labute approximate surface area is 112 Å². The van der Waals surface area contributed by atoms with E-state index in [4.69, 9.17) is 10.8 Å². The lowest BCUT2D eigenvalue weighted by Crippen LogP contribution is -1.94. The van der Waals surface area contributed by atoms with E-state index in [0.29, 0.717) is 10.8 Å². The second kappa shape index (κ2) is 4.75. The summed E-state index contributed by atoms with van der Waals surface area (Å²) in [5.74, 6) is 0. The van der Waals surface area contributed by atoms with E-state index in [1.165, 1.54) is 11.3 Å². The molecule has 1 aromatic carbocycles. The predicted octanol–water partition coefficient (Wildman–Crippen LogP) is 0.860. The monoisotopic (exact) mass is 274 g/mol. The topological polar surface area (TPSA) is 103 Å². The van der Waals surface area contributed by atoms with Crippen molar-refractivity contribution in [3.05, 3.63) is 36.2 Å². The second-order valence-electron chi connectivity index (χ2n) is 3.81. The van der Waals surface area contributed by atoms with E-state index >= 15 is 0 Å². The second-order valence-corrected chi connectivity index (χ2v) is 4.82. The van der Waals surface area contributed by atoms with Crippen LogP contribution in [0.15, 0.2) is 30.5 Å². The van der Waals surface area contributed by atoms with Crippen molar-refractivity contribution in [1.82, 2.24) is 25.2 Å². The largest absolute Gasteiger partial charge is 0.390 e. The molecule has 3 N–H and O–H groups in total. The third kappa shape index (κ3) is 2.30. The lowest BCUT2D eigenvalue weighted by molar-refractivity contribution is 0.276. The summed E-state index contributed by atoms with van der Waals surface area (Å²) < 4.78 is 1.60. The van der Waals surface area contributed by atoms with Crippen molar-refractivity contribution in [1.29, 1.82) is 0 Å². The van der Waals surface area contributed by atoms with Crippen molar-refractivity contribution < 1.29 is 5.11 Å². The van der Waals surface area contributed by atoms with Crippen LogP contribution in [0.2, 0.25) is 0 Å². The van der Waals surface area contributed by atoms with Gasteiger partial charge in [-0.05, 0) is 12.1 Å². The van der Waals surface area contributed by atoms with E-state index in [-0.39, 0.29) is 6.61 Å². The van der Waals surface area contributed by atoms with Gasteiger partial charge in [0.05, 0.1) is 18.5 Å². The molecular formula is C11H10N6OS. The van der Waals surface area contributed by atoms with E-state index in [9.17, 15) is 0 Å². The molecular weight excluding hydrogens is 264 g/mol. The third-order valence-electron chi connectivity index (χ3n) is 2.50. The smallest absolute Gasteiger partial charge is 0.203 e. The van der Waals surface area contributed by atoms with Crippen LogP contribution in [0.1, 0.15) is 5.69 Å². The SMILES string of the molecule is Nc1nnc(-c2cccc(-n3cc(CO)nn3)c2)s1. The summed E-state index contributed by atoms with van der Waals surface area (Å²) in [6.45, 7) is -0.132. The summed E-state index contributed by atoms with van der Waals surface area (Å²) in [6, 6.07) is 7.62. The molecule has 0 saturated heterocycles.